The molecular weight excluding hydrogens is 280 g/mol. The average molecular weight is 304 g/mol. The van der Waals surface area contributed by atoms with Crippen molar-refractivity contribution >= 4 is 6.03 Å². The van der Waals surface area contributed by atoms with Gasteiger partial charge in [0.1, 0.15) is 11.4 Å². The molecule has 0 bridgehead atoms. The van der Waals surface area contributed by atoms with Crippen molar-refractivity contribution < 1.29 is 14.6 Å². The zero-order chi connectivity index (χ0) is 15.8. The van der Waals surface area contributed by atoms with Gasteiger partial charge >= 0.3 is 6.03 Å². The average Bonchev–Trinajstić information content (AvgIpc) is 2.54. The van der Waals surface area contributed by atoms with Gasteiger partial charge in [-0.2, -0.15) is 0 Å². The molecule has 2 rings (SSSR count). The molecule has 0 saturated heterocycles. The van der Waals surface area contributed by atoms with E-state index in [0.717, 1.165) is 30.6 Å². The summed E-state index contributed by atoms with van der Waals surface area (Å²) in [5, 5.41) is 15.8. The van der Waals surface area contributed by atoms with Crippen LogP contribution in [0.3, 0.4) is 0 Å². The topological polar surface area (TPSA) is 70.6 Å². The predicted octanol–water partition coefficient (Wildman–Crippen LogP) is 2.01. The number of carbonyl (C=O) groups excluding carboxylic acids is 1. The molecule has 0 heterocycles. The summed E-state index contributed by atoms with van der Waals surface area (Å²) in [5.41, 5.74) is 0.237. The number of amides is 2. The standard InChI is InChI=1S/C17H24N2O3/c1-22-15-7-5-14(6-8-15)9-12-18-16(20)19-13-17(21)10-3-2-4-11-17/h3,5-8,10,21H,2,4,9,11-13H2,1H3,(H2,18,19,20)/t17-/m0/s1. The smallest absolute Gasteiger partial charge is 0.314 e. The predicted molar refractivity (Wildman–Crippen MR) is 86.0 cm³/mol. The number of hydrogen-bond donors (Lipinski definition) is 3. The van der Waals surface area contributed by atoms with Gasteiger partial charge < -0.3 is 20.5 Å². The molecule has 0 saturated carbocycles. The number of nitrogens with one attached hydrogen (secondary N) is 2. The number of aliphatic hydroxyl groups is 1. The Morgan fingerprint density at radius 3 is 2.73 bits per heavy atom. The van der Waals surface area contributed by atoms with Crippen LogP contribution in [0.25, 0.3) is 0 Å². The Labute approximate surface area is 131 Å². The second-order valence-corrected chi connectivity index (χ2v) is 5.61. The fraction of sp³-hybridized carbons (Fsp3) is 0.471. The van der Waals surface area contributed by atoms with E-state index < -0.39 is 5.60 Å². The first kappa shape index (κ1) is 16.4. The number of ether oxygens (including phenoxy) is 1. The number of urea groups is 1. The maximum absolute atomic E-state index is 11.7. The minimum absolute atomic E-state index is 0.248. The van der Waals surface area contributed by atoms with Crippen molar-refractivity contribution in [2.24, 2.45) is 0 Å². The van der Waals surface area contributed by atoms with Crippen LogP contribution in [-0.4, -0.2) is 36.9 Å². The van der Waals surface area contributed by atoms with E-state index in [0.29, 0.717) is 13.0 Å². The first-order valence-electron chi connectivity index (χ1n) is 7.66. The van der Waals surface area contributed by atoms with Gasteiger partial charge in [-0.1, -0.05) is 24.3 Å². The minimum Gasteiger partial charge on any atom is -0.497 e. The number of allylic oxidation sites excluding steroid dienone is 1. The Morgan fingerprint density at radius 1 is 1.32 bits per heavy atom. The molecule has 1 aliphatic carbocycles. The van der Waals surface area contributed by atoms with E-state index in [1.807, 2.05) is 30.3 Å². The lowest BCUT2D eigenvalue weighted by Crippen LogP contribution is -2.46. The van der Waals surface area contributed by atoms with Gasteiger partial charge in [0, 0.05) is 6.54 Å². The molecule has 0 aromatic heterocycles. The number of benzene rings is 1. The Hall–Kier alpha value is -2.01. The first-order valence-corrected chi connectivity index (χ1v) is 7.66. The van der Waals surface area contributed by atoms with Gasteiger partial charge in [0.05, 0.1) is 13.7 Å². The Morgan fingerprint density at radius 2 is 2.09 bits per heavy atom. The molecule has 1 aromatic carbocycles. The van der Waals surface area contributed by atoms with E-state index in [4.69, 9.17) is 4.74 Å². The summed E-state index contributed by atoms with van der Waals surface area (Å²) in [6, 6.07) is 7.52. The summed E-state index contributed by atoms with van der Waals surface area (Å²) in [6.45, 7) is 0.796. The van der Waals surface area contributed by atoms with Crippen LogP contribution in [0.2, 0.25) is 0 Å². The summed E-state index contributed by atoms with van der Waals surface area (Å²) in [4.78, 5) is 11.7. The van der Waals surface area contributed by atoms with Crippen LogP contribution >= 0.6 is 0 Å². The van der Waals surface area contributed by atoms with Gasteiger partial charge in [-0.15, -0.1) is 0 Å². The summed E-state index contributed by atoms with van der Waals surface area (Å²) in [6.07, 6.45) is 7.14. The lowest BCUT2D eigenvalue weighted by atomic mass is 9.91. The molecule has 120 valence electrons. The van der Waals surface area contributed by atoms with Crippen molar-refractivity contribution in [2.45, 2.75) is 31.3 Å². The van der Waals surface area contributed by atoms with Gasteiger partial charge in [0.25, 0.3) is 0 Å². The maximum atomic E-state index is 11.7. The lowest BCUT2D eigenvalue weighted by molar-refractivity contribution is 0.0762. The van der Waals surface area contributed by atoms with Crippen LogP contribution in [0.15, 0.2) is 36.4 Å². The maximum Gasteiger partial charge on any atom is 0.314 e. The van der Waals surface area contributed by atoms with Crippen molar-refractivity contribution in [3.8, 4) is 5.75 Å². The van der Waals surface area contributed by atoms with E-state index in [2.05, 4.69) is 10.6 Å². The Balaban J connectivity index is 1.67. The zero-order valence-corrected chi connectivity index (χ0v) is 13.0. The fourth-order valence-corrected chi connectivity index (χ4v) is 2.47. The SMILES string of the molecule is COc1ccc(CCNC(=O)NC[C@]2(O)C=CCCC2)cc1. The second kappa shape index (κ2) is 7.84. The molecule has 1 aliphatic rings. The Kier molecular flexibility index (Phi) is 5.83. The number of carbonyl (C=O) groups is 1. The highest BCUT2D eigenvalue weighted by Crippen LogP contribution is 2.20. The molecule has 22 heavy (non-hydrogen) atoms. The number of rotatable bonds is 6. The molecule has 0 spiro atoms. The van der Waals surface area contributed by atoms with E-state index in [-0.39, 0.29) is 12.6 Å². The van der Waals surface area contributed by atoms with Gasteiger partial charge in [-0.3, -0.25) is 0 Å². The van der Waals surface area contributed by atoms with Crippen molar-refractivity contribution in [1.29, 1.82) is 0 Å². The summed E-state index contributed by atoms with van der Waals surface area (Å²) < 4.78 is 5.10. The van der Waals surface area contributed by atoms with Crippen LogP contribution in [0.5, 0.6) is 5.75 Å². The molecule has 1 atom stereocenters. The van der Waals surface area contributed by atoms with Gasteiger partial charge in [0.2, 0.25) is 0 Å². The molecule has 3 N–H and O–H groups in total. The van der Waals surface area contributed by atoms with Crippen LogP contribution in [0, 0.1) is 0 Å². The second-order valence-electron chi connectivity index (χ2n) is 5.61. The number of methoxy groups -OCH3 is 1. The molecule has 2 amide bonds. The fourth-order valence-electron chi connectivity index (χ4n) is 2.47. The lowest BCUT2D eigenvalue weighted by Gasteiger charge is -2.27. The third kappa shape index (κ3) is 5.07. The molecule has 0 fully saturated rings. The molecule has 0 radical (unpaired) electrons. The normalized spacial score (nSPS) is 20.5. The van der Waals surface area contributed by atoms with E-state index in [1.165, 1.54) is 0 Å². The highest BCUT2D eigenvalue weighted by Gasteiger charge is 2.25. The summed E-state index contributed by atoms with van der Waals surface area (Å²) >= 11 is 0. The van der Waals surface area contributed by atoms with E-state index >= 15 is 0 Å². The molecule has 1 aromatic rings. The highest BCUT2D eigenvalue weighted by molar-refractivity contribution is 5.73. The van der Waals surface area contributed by atoms with Crippen molar-refractivity contribution in [3.05, 3.63) is 42.0 Å². The minimum atomic E-state index is -0.897. The van der Waals surface area contributed by atoms with E-state index in [9.17, 15) is 9.90 Å². The monoisotopic (exact) mass is 304 g/mol. The van der Waals surface area contributed by atoms with Gasteiger partial charge in [0.15, 0.2) is 0 Å². The summed E-state index contributed by atoms with van der Waals surface area (Å²) in [7, 11) is 1.64. The highest BCUT2D eigenvalue weighted by atomic mass is 16.5. The van der Waals surface area contributed by atoms with Crippen molar-refractivity contribution in [2.75, 3.05) is 20.2 Å². The van der Waals surface area contributed by atoms with Crippen LogP contribution < -0.4 is 15.4 Å². The molecule has 5 nitrogen and oxygen atoms in total. The van der Waals surface area contributed by atoms with Gasteiger partial charge in [-0.05, 0) is 43.4 Å². The zero-order valence-electron chi connectivity index (χ0n) is 13.0. The summed E-state index contributed by atoms with van der Waals surface area (Å²) in [5.74, 6) is 0.822. The Bertz CT molecular complexity index is 513. The largest absolute Gasteiger partial charge is 0.497 e. The quantitative estimate of drug-likeness (QED) is 0.704. The molecular formula is C17H24N2O3. The molecule has 0 unspecified atom stereocenters. The molecule has 0 aliphatic heterocycles. The van der Waals surface area contributed by atoms with Crippen LogP contribution in [0.1, 0.15) is 24.8 Å². The van der Waals surface area contributed by atoms with Crippen molar-refractivity contribution in [3.63, 3.8) is 0 Å². The van der Waals surface area contributed by atoms with E-state index in [1.54, 1.807) is 13.2 Å². The third-order valence-corrected chi connectivity index (χ3v) is 3.82. The van der Waals surface area contributed by atoms with Crippen LogP contribution in [-0.2, 0) is 6.42 Å². The third-order valence-electron chi connectivity index (χ3n) is 3.82. The van der Waals surface area contributed by atoms with Crippen molar-refractivity contribution in [1.82, 2.24) is 10.6 Å². The van der Waals surface area contributed by atoms with Gasteiger partial charge in [-0.25, -0.2) is 4.79 Å². The first-order chi connectivity index (χ1) is 10.6. The van der Waals surface area contributed by atoms with Crippen LogP contribution in [0.4, 0.5) is 4.79 Å². The molecule has 5 heteroatoms. The number of hydrogen-bond acceptors (Lipinski definition) is 3.